The molecule has 3 aromatic rings. The van der Waals surface area contributed by atoms with Crippen LogP contribution in [0.1, 0.15) is 97.1 Å². The van der Waals surface area contributed by atoms with E-state index in [9.17, 15) is 34.2 Å². The molecule has 6 N–H and O–H groups in total. The van der Waals surface area contributed by atoms with Crippen LogP contribution in [-0.4, -0.2) is 90.3 Å². The predicted octanol–water partition coefficient (Wildman–Crippen LogP) is 0.552. The molecular formula is C39H62BNaO13. The zero-order valence-corrected chi connectivity index (χ0v) is 31.5. The van der Waals surface area contributed by atoms with Crippen molar-refractivity contribution in [1.29, 1.82) is 8.21 Å². The van der Waals surface area contributed by atoms with Crippen LogP contribution in [0.15, 0.2) is 91.0 Å². The minimum Gasteiger partial charge on any atom is -0.481 e. The molecule has 0 heterocycles. The Morgan fingerprint density at radius 3 is 1.13 bits per heavy atom. The van der Waals surface area contributed by atoms with E-state index in [1.165, 1.54) is 6.92 Å². The van der Waals surface area contributed by atoms with Crippen LogP contribution in [0, 0.1) is 0 Å². The number of esters is 3. The van der Waals surface area contributed by atoms with Gasteiger partial charge in [0, 0.05) is 8.22 Å². The number of aliphatic hydroxyl groups is 3. The molecule has 0 saturated heterocycles. The Bertz CT molecular complexity index is 1800. The second kappa shape index (κ2) is 38.8. The normalized spacial score (nSPS) is 17.1. The third kappa shape index (κ3) is 40.9. The van der Waals surface area contributed by atoms with Crippen molar-refractivity contribution in [3.05, 3.63) is 108 Å². The predicted molar refractivity (Wildman–Crippen MR) is 209 cm³/mol. The Balaban J connectivity index is -0.000000182. The van der Waals surface area contributed by atoms with Gasteiger partial charge in [-0.1, -0.05) is 114 Å². The smallest absolute Gasteiger partial charge is 0.481 e. The quantitative estimate of drug-likeness (QED) is 0.0761. The van der Waals surface area contributed by atoms with Gasteiger partial charge in [-0.15, -0.1) is 0 Å². The molecule has 3 rings (SSSR count). The zero-order valence-electron chi connectivity index (χ0n) is 44.5. The van der Waals surface area contributed by atoms with E-state index < -0.39 is 69.5 Å². The summed E-state index contributed by atoms with van der Waals surface area (Å²) in [6.07, 6.45) is -16.2. The molecule has 0 aliphatic rings. The standard InChI is InChI=1S/2C11H14O3.C11H12O3.C4H8O3.2CH4.BH4.Na.H2O/c3*1-9(12)7-11(13)14-8-10-5-3-2-4-6-10;1-3(5)2-4(6)7;;;;;/h2*2-6,9,12H,7-8H2,1H3;2-6H,7-8H2,1H3;3,5H,2H2,1H3,(H,6,7);3*1H4;;1H2/q;;;;;;-1;+1;/t9-;;;3-;;;;;/m1..1...../s1/i2*7D2,9D;;2D2,3D;;;1D4;;/hD2. The van der Waals surface area contributed by atoms with Crippen LogP contribution in [-0.2, 0) is 58.0 Å². The van der Waals surface area contributed by atoms with Crippen molar-refractivity contribution in [2.75, 3.05) is 0 Å². The molecule has 0 spiro atoms. The average molecular weight is 788 g/mol. The summed E-state index contributed by atoms with van der Waals surface area (Å²) in [5.41, 5.74) is 5.09. The second-order valence-corrected chi connectivity index (χ2v) is 9.58. The van der Waals surface area contributed by atoms with E-state index in [4.69, 9.17) is 45.0 Å². The van der Waals surface area contributed by atoms with E-state index in [-0.39, 0.29) is 76.4 Å². The van der Waals surface area contributed by atoms with Crippen molar-refractivity contribution in [3.63, 3.8) is 0 Å². The van der Waals surface area contributed by atoms with E-state index in [2.05, 4.69) is 5.48 Å². The number of ether oxygens (including phenoxy) is 3. The first-order valence-electron chi connectivity index (χ1n) is 22.0. The van der Waals surface area contributed by atoms with Gasteiger partial charge in [0.25, 0.3) is 0 Å². The van der Waals surface area contributed by atoms with Gasteiger partial charge in [-0.25, -0.2) is 5.34 Å². The SMILES string of the molecule is C.C.CC(=O)CC(=O)OCc1ccccc1.[2H]C(C)(O)C([2H])([2H])C(=O)OCc1ccccc1.[2H]C([2H])(C(=O)O)[C@@]([2H])(C)O.[2H]C([2H])(C(=O)OCc1ccccc1)[C@@]([2H])(C)O.[2H]O[2H].[2H][B-]([2H])([2H])[2H].[Na+]. The molecule has 0 aromatic heterocycles. The molecular weight excluding hydrogens is 710 g/mol. The molecule has 0 saturated carbocycles. The van der Waals surface area contributed by atoms with Crippen LogP contribution in [0.4, 0.5) is 0 Å². The minimum absolute atomic E-state index is 0. The molecule has 15 heteroatoms. The van der Waals surface area contributed by atoms with E-state index in [1.54, 1.807) is 60.7 Å². The van der Waals surface area contributed by atoms with Crippen LogP contribution >= 0.6 is 0 Å². The van der Waals surface area contributed by atoms with Crippen LogP contribution < -0.4 is 29.6 Å². The fourth-order valence-corrected chi connectivity index (χ4v) is 2.96. The van der Waals surface area contributed by atoms with Crippen LogP contribution in [0.3, 0.4) is 0 Å². The molecule has 3 atom stereocenters. The Labute approximate surface area is 365 Å². The van der Waals surface area contributed by atoms with Gasteiger partial charge in [0.05, 0.1) is 41.5 Å². The van der Waals surface area contributed by atoms with Gasteiger partial charge >= 0.3 is 53.4 Å². The van der Waals surface area contributed by atoms with Gasteiger partial charge < -0.3 is 40.1 Å². The second-order valence-electron chi connectivity index (χ2n) is 9.58. The number of hydrogen-bond acceptors (Lipinski definition) is 11. The average Bonchev–Trinajstić information content (AvgIpc) is 3.18. The number of hydrogen-bond donors (Lipinski definition) is 4. The molecule has 13 nitrogen and oxygen atoms in total. The summed E-state index contributed by atoms with van der Waals surface area (Å²) in [6.45, 7) is 4.00. The van der Waals surface area contributed by atoms with Crippen LogP contribution in [0.25, 0.3) is 0 Å². The first kappa shape index (κ1) is 34.6. The minimum atomic E-state index is -3.00. The summed E-state index contributed by atoms with van der Waals surface area (Å²) < 4.78 is 113. The maximum Gasteiger partial charge on any atom is 1.00 e. The summed E-state index contributed by atoms with van der Waals surface area (Å²) in [7, 11) is -3.00. The van der Waals surface area contributed by atoms with Crippen molar-refractivity contribution in [3.8, 4) is 0 Å². The summed E-state index contributed by atoms with van der Waals surface area (Å²) >= 11 is 0. The van der Waals surface area contributed by atoms with Crippen LogP contribution in [0.5, 0.6) is 0 Å². The number of Topliss-reactive ketones (excluding diaryl/α,β-unsaturated/α-hetero) is 1. The summed E-state index contributed by atoms with van der Waals surface area (Å²) in [6, 6.07) is 26.9. The third-order valence-electron chi connectivity index (χ3n) is 4.92. The van der Waals surface area contributed by atoms with Gasteiger partial charge in [-0.05, 0) is 44.4 Å². The monoisotopic (exact) mass is 788 g/mol. The van der Waals surface area contributed by atoms with Crippen molar-refractivity contribution in [2.45, 2.75) is 106 Å². The van der Waals surface area contributed by atoms with Crippen molar-refractivity contribution in [1.82, 2.24) is 0 Å². The maximum atomic E-state index is 11.4. The summed E-state index contributed by atoms with van der Waals surface area (Å²) in [5, 5.41) is 35.2. The van der Waals surface area contributed by atoms with Crippen molar-refractivity contribution < 1.29 is 106 Å². The van der Waals surface area contributed by atoms with E-state index in [1.807, 2.05) is 30.3 Å². The number of rotatable bonds is 14. The molecule has 54 heavy (non-hydrogen) atoms. The zero-order chi connectivity index (χ0) is 52.4. The number of carboxylic acid groups (broad SMARTS) is 1. The van der Waals surface area contributed by atoms with Gasteiger partial charge in [-0.2, -0.15) is 0 Å². The third-order valence-corrected chi connectivity index (χ3v) is 4.92. The summed E-state index contributed by atoms with van der Waals surface area (Å²) in [4.78, 5) is 54.4. The molecule has 300 valence electrons. The molecule has 0 aliphatic carbocycles. The Morgan fingerprint density at radius 2 is 0.926 bits per heavy atom. The number of carbonyl (C=O) groups is 5. The van der Waals surface area contributed by atoms with Crippen LogP contribution in [0.2, 0.25) is 0 Å². The Hall–Kier alpha value is -3.89. The molecule has 0 bridgehead atoms. The topological polar surface area (TPSA) is 225 Å². The Morgan fingerprint density at radius 1 is 0.667 bits per heavy atom. The van der Waals surface area contributed by atoms with Gasteiger partial charge in [0.2, 0.25) is 2.86 Å². The van der Waals surface area contributed by atoms with Gasteiger partial charge in [0.15, 0.2) is 0 Å². The number of ketones is 1. The van der Waals surface area contributed by atoms with E-state index in [0.717, 1.165) is 26.3 Å². The molecule has 0 amide bonds. The maximum absolute atomic E-state index is 11.4. The first-order valence-corrected chi connectivity index (χ1v) is 14.4. The van der Waals surface area contributed by atoms with E-state index >= 15 is 0 Å². The molecule has 3 aromatic carbocycles. The number of aliphatic carboxylic acids is 1. The molecule has 0 aliphatic heterocycles. The fourth-order valence-electron chi connectivity index (χ4n) is 2.96. The fraction of sp³-hybridized carbons (Fsp3) is 0.410. The first-order chi connectivity index (χ1) is 29.8. The van der Waals surface area contributed by atoms with E-state index in [0.29, 0.717) is 11.1 Å². The van der Waals surface area contributed by atoms with Crippen molar-refractivity contribution in [2.24, 2.45) is 0 Å². The molecule has 0 radical (unpaired) electrons. The number of benzene rings is 3. The Kier molecular flexibility index (Phi) is 24.9. The number of carbonyl (C=O) groups excluding carboxylic acids is 4. The number of carboxylic acids is 1. The van der Waals surface area contributed by atoms with Crippen molar-refractivity contribution >= 4 is 37.9 Å². The summed E-state index contributed by atoms with van der Waals surface area (Å²) in [5.74, 6) is -4.99. The van der Waals surface area contributed by atoms with Gasteiger partial charge in [-0.3, -0.25) is 24.0 Å². The largest absolute Gasteiger partial charge is 1.00 e. The molecule has 1 unspecified atom stereocenters. The molecule has 0 fully saturated rings. The van der Waals surface area contributed by atoms with Gasteiger partial charge in [0.1, 0.15) is 32.0 Å².